The molecule has 2 amide bonds. The van der Waals surface area contributed by atoms with Crippen molar-refractivity contribution in [1.29, 1.82) is 0 Å². The number of hydrogen-bond donors (Lipinski definition) is 1. The Balaban J connectivity index is 1.85. The first-order valence-corrected chi connectivity index (χ1v) is 13.5. The number of nitrogens with zero attached hydrogens (tertiary/aromatic N) is 1. The first kappa shape index (κ1) is 27.5. The molecule has 0 aromatic heterocycles. The van der Waals surface area contributed by atoms with Gasteiger partial charge in [-0.05, 0) is 54.7 Å². The normalized spacial score (nSPS) is 12.6. The third-order valence-electron chi connectivity index (χ3n) is 6.28. The molecule has 0 aliphatic rings. The van der Waals surface area contributed by atoms with Crippen LogP contribution >= 0.6 is 11.8 Å². The van der Waals surface area contributed by atoms with E-state index in [-0.39, 0.29) is 36.0 Å². The van der Waals surface area contributed by atoms with Crippen LogP contribution in [0.25, 0.3) is 0 Å². The second kappa shape index (κ2) is 13.8. The Bertz CT molecular complexity index is 1120. The zero-order valence-corrected chi connectivity index (χ0v) is 22.1. The molecule has 3 aromatic carbocycles. The Hall–Kier alpha value is -3.12. The molecule has 0 radical (unpaired) electrons. The largest absolute Gasteiger partial charge is 0.352 e. The molecule has 0 aliphatic heterocycles. The second-order valence-corrected chi connectivity index (χ2v) is 10.1. The fraction of sp³-hybridized carbons (Fsp3) is 0.333. The summed E-state index contributed by atoms with van der Waals surface area (Å²) >= 11 is 1.54. The van der Waals surface area contributed by atoms with Crippen molar-refractivity contribution in [3.63, 3.8) is 0 Å². The van der Waals surface area contributed by atoms with Crippen LogP contribution < -0.4 is 5.32 Å². The van der Waals surface area contributed by atoms with Gasteiger partial charge in [-0.15, -0.1) is 11.8 Å². The van der Waals surface area contributed by atoms with Gasteiger partial charge in [0.1, 0.15) is 11.9 Å². The molecule has 6 heteroatoms. The minimum atomic E-state index is -0.682. The van der Waals surface area contributed by atoms with Gasteiger partial charge in [-0.25, -0.2) is 4.39 Å². The van der Waals surface area contributed by atoms with Gasteiger partial charge in [0.05, 0.1) is 5.75 Å². The molecule has 3 aromatic rings. The molecule has 36 heavy (non-hydrogen) atoms. The summed E-state index contributed by atoms with van der Waals surface area (Å²) < 4.78 is 13.6. The standard InChI is InChI=1S/C30H35FN2O2S/c1-4-23(3)32-30(35)28(18-24-11-6-5-7-12-24)33(19-25-14-16-27(31)17-15-25)29(34)21-36-20-26-13-9-8-10-22(26)2/h5-17,23,28H,4,18-21H2,1-3H3,(H,32,35)/t23-,28-/m0/s1. The van der Waals surface area contributed by atoms with E-state index in [0.717, 1.165) is 17.5 Å². The highest BCUT2D eigenvalue weighted by molar-refractivity contribution is 7.99. The summed E-state index contributed by atoms with van der Waals surface area (Å²) in [5, 5.41) is 3.07. The van der Waals surface area contributed by atoms with E-state index in [0.29, 0.717) is 12.2 Å². The Morgan fingerprint density at radius 2 is 1.61 bits per heavy atom. The average molecular weight is 507 g/mol. The monoisotopic (exact) mass is 506 g/mol. The molecule has 0 unspecified atom stereocenters. The molecule has 1 N–H and O–H groups in total. The molecule has 4 nitrogen and oxygen atoms in total. The molecule has 3 rings (SSSR count). The molecule has 190 valence electrons. The average Bonchev–Trinajstić information content (AvgIpc) is 2.88. The second-order valence-electron chi connectivity index (χ2n) is 9.09. The van der Waals surface area contributed by atoms with Crippen molar-refractivity contribution in [2.24, 2.45) is 0 Å². The van der Waals surface area contributed by atoms with E-state index < -0.39 is 6.04 Å². The Morgan fingerprint density at radius 3 is 2.28 bits per heavy atom. The number of aryl methyl sites for hydroxylation is 1. The molecule has 0 saturated heterocycles. The van der Waals surface area contributed by atoms with E-state index in [2.05, 4.69) is 24.4 Å². The van der Waals surface area contributed by atoms with Gasteiger partial charge in [0.25, 0.3) is 0 Å². The van der Waals surface area contributed by atoms with Crippen molar-refractivity contribution in [2.45, 2.75) is 58.0 Å². The van der Waals surface area contributed by atoms with Crippen LogP contribution in [0.3, 0.4) is 0 Å². The number of rotatable bonds is 12. The van der Waals surface area contributed by atoms with Crippen LogP contribution in [-0.4, -0.2) is 34.6 Å². The SMILES string of the molecule is CC[C@H](C)NC(=O)[C@H](Cc1ccccc1)N(Cc1ccc(F)cc1)C(=O)CSCc1ccccc1C. The van der Waals surface area contributed by atoms with Crippen molar-refractivity contribution in [3.8, 4) is 0 Å². The minimum Gasteiger partial charge on any atom is -0.352 e. The maximum atomic E-state index is 13.6. The minimum absolute atomic E-state index is 0.00558. The van der Waals surface area contributed by atoms with Crippen LogP contribution in [0.15, 0.2) is 78.9 Å². The molecule has 2 atom stereocenters. The van der Waals surface area contributed by atoms with Crippen molar-refractivity contribution in [1.82, 2.24) is 10.2 Å². The lowest BCUT2D eigenvalue weighted by Crippen LogP contribution is -2.52. The van der Waals surface area contributed by atoms with Crippen molar-refractivity contribution in [2.75, 3.05) is 5.75 Å². The quantitative estimate of drug-likeness (QED) is 0.332. The van der Waals surface area contributed by atoms with Gasteiger partial charge in [-0.2, -0.15) is 0 Å². The molecule has 0 fully saturated rings. The summed E-state index contributed by atoms with van der Waals surface area (Å²) in [6.07, 6.45) is 1.19. The van der Waals surface area contributed by atoms with E-state index in [1.165, 1.54) is 23.3 Å². The van der Waals surface area contributed by atoms with Crippen molar-refractivity contribution in [3.05, 3.63) is 107 Å². The molecule has 0 spiro atoms. The fourth-order valence-electron chi connectivity index (χ4n) is 3.88. The van der Waals surface area contributed by atoms with Gasteiger partial charge in [-0.3, -0.25) is 9.59 Å². The third-order valence-corrected chi connectivity index (χ3v) is 7.25. The Morgan fingerprint density at radius 1 is 0.944 bits per heavy atom. The van der Waals surface area contributed by atoms with Gasteiger partial charge in [0, 0.05) is 24.8 Å². The molecular formula is C30H35FN2O2S. The Kier molecular flexibility index (Phi) is 10.6. The summed E-state index contributed by atoms with van der Waals surface area (Å²) in [6, 6.07) is 23.3. The maximum absolute atomic E-state index is 13.6. The maximum Gasteiger partial charge on any atom is 0.243 e. The van der Waals surface area contributed by atoms with E-state index in [9.17, 15) is 14.0 Å². The third kappa shape index (κ3) is 8.23. The molecular weight excluding hydrogens is 471 g/mol. The first-order chi connectivity index (χ1) is 17.4. The summed E-state index contributed by atoms with van der Waals surface area (Å²) in [6.45, 7) is 6.27. The predicted octanol–water partition coefficient (Wildman–Crippen LogP) is 5.92. The summed E-state index contributed by atoms with van der Waals surface area (Å²) in [7, 11) is 0. The van der Waals surface area contributed by atoms with Crippen molar-refractivity contribution >= 4 is 23.6 Å². The highest BCUT2D eigenvalue weighted by Gasteiger charge is 2.30. The van der Waals surface area contributed by atoms with Gasteiger partial charge in [0.2, 0.25) is 11.8 Å². The smallest absolute Gasteiger partial charge is 0.243 e. The van der Waals surface area contributed by atoms with Crippen LogP contribution in [0.1, 0.15) is 42.5 Å². The topological polar surface area (TPSA) is 49.4 Å². The number of carbonyl (C=O) groups is 2. The van der Waals surface area contributed by atoms with Crippen LogP contribution in [0.4, 0.5) is 4.39 Å². The zero-order chi connectivity index (χ0) is 25.9. The van der Waals surface area contributed by atoms with E-state index in [4.69, 9.17) is 0 Å². The number of amides is 2. The highest BCUT2D eigenvalue weighted by Crippen LogP contribution is 2.20. The van der Waals surface area contributed by atoms with Gasteiger partial charge >= 0.3 is 0 Å². The van der Waals surface area contributed by atoms with E-state index in [1.54, 1.807) is 28.8 Å². The fourth-order valence-corrected chi connectivity index (χ4v) is 4.87. The zero-order valence-electron chi connectivity index (χ0n) is 21.2. The highest BCUT2D eigenvalue weighted by atomic mass is 32.2. The van der Waals surface area contributed by atoms with E-state index in [1.807, 2.05) is 56.3 Å². The first-order valence-electron chi connectivity index (χ1n) is 12.4. The van der Waals surface area contributed by atoms with E-state index >= 15 is 0 Å². The molecule has 0 saturated carbocycles. The van der Waals surface area contributed by atoms with Gasteiger partial charge < -0.3 is 10.2 Å². The van der Waals surface area contributed by atoms with Gasteiger partial charge in [-0.1, -0.05) is 73.7 Å². The number of hydrogen-bond acceptors (Lipinski definition) is 3. The molecule has 0 bridgehead atoms. The van der Waals surface area contributed by atoms with Crippen LogP contribution in [0, 0.1) is 12.7 Å². The number of benzene rings is 3. The lowest BCUT2D eigenvalue weighted by Gasteiger charge is -2.32. The van der Waals surface area contributed by atoms with Crippen LogP contribution in [0.5, 0.6) is 0 Å². The predicted molar refractivity (Wildman–Crippen MR) is 146 cm³/mol. The summed E-state index contributed by atoms with van der Waals surface area (Å²) in [5.74, 6) is 0.342. The number of thioether (sulfide) groups is 1. The summed E-state index contributed by atoms with van der Waals surface area (Å²) in [4.78, 5) is 28.8. The number of halogens is 1. The Labute approximate surface area is 218 Å². The molecule has 0 heterocycles. The van der Waals surface area contributed by atoms with Gasteiger partial charge in [0.15, 0.2) is 0 Å². The lowest BCUT2D eigenvalue weighted by atomic mass is 10.0. The summed E-state index contributed by atoms with van der Waals surface area (Å²) in [5.41, 5.74) is 4.14. The lowest BCUT2D eigenvalue weighted by molar-refractivity contribution is -0.139. The van der Waals surface area contributed by atoms with Crippen LogP contribution in [-0.2, 0) is 28.3 Å². The number of nitrogens with one attached hydrogen (secondary N) is 1. The number of carbonyl (C=O) groups excluding carboxylic acids is 2. The van der Waals surface area contributed by atoms with Crippen LogP contribution in [0.2, 0.25) is 0 Å². The molecule has 0 aliphatic carbocycles. The van der Waals surface area contributed by atoms with Crippen molar-refractivity contribution < 1.29 is 14.0 Å².